The molecule has 0 bridgehead atoms. The smallest absolute Gasteiger partial charge is 0.246 e. The summed E-state index contributed by atoms with van der Waals surface area (Å²) in [5.74, 6) is -1.58. The molecule has 26 heavy (non-hydrogen) atoms. The molecule has 2 aromatic rings. The molecule has 2 amide bonds. The van der Waals surface area contributed by atoms with Crippen molar-refractivity contribution in [2.24, 2.45) is 0 Å². The van der Waals surface area contributed by atoms with Crippen LogP contribution in [0.25, 0.3) is 0 Å². The highest BCUT2D eigenvalue weighted by molar-refractivity contribution is 5.98. The Bertz CT molecular complexity index is 853. The van der Waals surface area contributed by atoms with Crippen molar-refractivity contribution in [3.05, 3.63) is 59.4 Å². The lowest BCUT2D eigenvalue weighted by atomic mass is 10.1. The summed E-state index contributed by atoms with van der Waals surface area (Å²) in [6.07, 6.45) is -0.0146. The Morgan fingerprint density at radius 2 is 2.04 bits per heavy atom. The van der Waals surface area contributed by atoms with Gasteiger partial charge in [-0.05, 0) is 49.2 Å². The maximum atomic E-state index is 13.4. The molecular formula is C20H21FN2O3. The van der Waals surface area contributed by atoms with Crippen molar-refractivity contribution in [2.45, 2.75) is 26.3 Å². The van der Waals surface area contributed by atoms with Crippen LogP contribution in [0, 0.1) is 12.7 Å². The summed E-state index contributed by atoms with van der Waals surface area (Å²) in [5.41, 5.74) is 2.36. The Kier molecular flexibility index (Phi) is 4.93. The Morgan fingerprint density at radius 3 is 2.73 bits per heavy atom. The van der Waals surface area contributed by atoms with Gasteiger partial charge in [0.1, 0.15) is 6.54 Å². The minimum atomic E-state index is -0.760. The Balaban J connectivity index is 1.71. The number of anilines is 1. The molecule has 0 aliphatic carbocycles. The van der Waals surface area contributed by atoms with E-state index in [4.69, 9.17) is 0 Å². The summed E-state index contributed by atoms with van der Waals surface area (Å²) >= 11 is 0. The molecule has 5 nitrogen and oxygen atoms in total. The third-order valence-electron chi connectivity index (χ3n) is 4.59. The number of carbonyl (C=O) groups excluding carboxylic acids is 2. The lowest BCUT2D eigenvalue weighted by molar-refractivity contribution is -0.138. The molecule has 1 saturated heterocycles. The van der Waals surface area contributed by atoms with E-state index in [1.165, 1.54) is 17.0 Å². The van der Waals surface area contributed by atoms with E-state index < -0.39 is 11.6 Å². The SMILES string of the molecule is Cc1cccc(N2CC(C)N(C(=O)Cc3ccc(O)c(F)c3)CC2=O)c1. The molecule has 3 rings (SSSR count). The molecule has 2 aromatic carbocycles. The third-order valence-corrected chi connectivity index (χ3v) is 4.59. The second-order valence-corrected chi connectivity index (χ2v) is 6.68. The number of carbonyl (C=O) groups is 2. The van der Waals surface area contributed by atoms with Crippen LogP contribution in [-0.4, -0.2) is 41.0 Å². The predicted octanol–water partition coefficient (Wildman–Crippen LogP) is 2.65. The number of hydrogen-bond donors (Lipinski definition) is 1. The topological polar surface area (TPSA) is 60.9 Å². The number of amides is 2. The summed E-state index contributed by atoms with van der Waals surface area (Å²) in [6.45, 7) is 4.27. The lowest BCUT2D eigenvalue weighted by Crippen LogP contribution is -2.57. The van der Waals surface area contributed by atoms with E-state index in [0.29, 0.717) is 12.1 Å². The number of piperazine rings is 1. The fourth-order valence-electron chi connectivity index (χ4n) is 3.17. The average molecular weight is 356 g/mol. The first-order valence-electron chi connectivity index (χ1n) is 8.49. The maximum Gasteiger partial charge on any atom is 0.246 e. The van der Waals surface area contributed by atoms with Crippen LogP contribution in [0.3, 0.4) is 0 Å². The average Bonchev–Trinajstić information content (AvgIpc) is 2.59. The number of aromatic hydroxyl groups is 1. The number of hydrogen-bond acceptors (Lipinski definition) is 3. The van der Waals surface area contributed by atoms with Gasteiger partial charge in [0, 0.05) is 18.3 Å². The minimum Gasteiger partial charge on any atom is -0.505 e. The van der Waals surface area contributed by atoms with Crippen molar-refractivity contribution < 1.29 is 19.1 Å². The molecule has 136 valence electrons. The van der Waals surface area contributed by atoms with Gasteiger partial charge in [-0.3, -0.25) is 9.59 Å². The van der Waals surface area contributed by atoms with Gasteiger partial charge in [0.2, 0.25) is 11.8 Å². The molecular weight excluding hydrogens is 335 g/mol. The van der Waals surface area contributed by atoms with E-state index in [1.54, 1.807) is 4.90 Å². The first kappa shape index (κ1) is 17.9. The monoisotopic (exact) mass is 356 g/mol. The van der Waals surface area contributed by atoms with Crippen molar-refractivity contribution in [3.63, 3.8) is 0 Å². The second kappa shape index (κ2) is 7.15. The number of nitrogens with zero attached hydrogens (tertiary/aromatic N) is 2. The molecule has 1 aliphatic rings. The molecule has 1 fully saturated rings. The molecule has 0 radical (unpaired) electrons. The molecule has 1 atom stereocenters. The van der Waals surface area contributed by atoms with Crippen LogP contribution in [0.4, 0.5) is 10.1 Å². The maximum absolute atomic E-state index is 13.4. The highest BCUT2D eigenvalue weighted by Gasteiger charge is 2.33. The number of phenolic OH excluding ortho intramolecular Hbond substituents is 1. The fourth-order valence-corrected chi connectivity index (χ4v) is 3.17. The number of aryl methyl sites for hydroxylation is 1. The van der Waals surface area contributed by atoms with E-state index >= 15 is 0 Å². The quantitative estimate of drug-likeness (QED) is 0.920. The summed E-state index contributed by atoms with van der Waals surface area (Å²) in [5, 5.41) is 9.24. The van der Waals surface area contributed by atoms with Crippen LogP contribution in [-0.2, 0) is 16.0 Å². The number of benzene rings is 2. The molecule has 0 saturated carbocycles. The lowest BCUT2D eigenvalue weighted by Gasteiger charge is -2.39. The van der Waals surface area contributed by atoms with Gasteiger partial charge in [-0.2, -0.15) is 0 Å². The van der Waals surface area contributed by atoms with Crippen LogP contribution < -0.4 is 4.90 Å². The first-order chi connectivity index (χ1) is 12.3. The van der Waals surface area contributed by atoms with Gasteiger partial charge >= 0.3 is 0 Å². The van der Waals surface area contributed by atoms with Crippen molar-refractivity contribution >= 4 is 17.5 Å². The van der Waals surface area contributed by atoms with Crippen LogP contribution in [0.2, 0.25) is 0 Å². The standard InChI is InChI=1S/C20H21FN2O3/c1-13-4-3-5-16(8-13)23-11-14(2)22(12-20(23)26)19(25)10-15-6-7-18(24)17(21)9-15/h3-9,14,24H,10-12H2,1-2H3. The zero-order valence-electron chi connectivity index (χ0n) is 14.8. The van der Waals surface area contributed by atoms with E-state index in [2.05, 4.69) is 0 Å². The van der Waals surface area contributed by atoms with Gasteiger partial charge in [0.15, 0.2) is 11.6 Å². The van der Waals surface area contributed by atoms with Gasteiger partial charge in [0.25, 0.3) is 0 Å². The van der Waals surface area contributed by atoms with Gasteiger partial charge in [-0.15, -0.1) is 0 Å². The van der Waals surface area contributed by atoms with Crippen molar-refractivity contribution in [1.82, 2.24) is 4.90 Å². The molecule has 1 unspecified atom stereocenters. The van der Waals surface area contributed by atoms with Gasteiger partial charge in [0.05, 0.1) is 6.42 Å². The minimum absolute atomic E-state index is 0.00545. The second-order valence-electron chi connectivity index (χ2n) is 6.68. The van der Waals surface area contributed by atoms with Crippen LogP contribution in [0.1, 0.15) is 18.1 Å². The van der Waals surface area contributed by atoms with Crippen LogP contribution in [0.5, 0.6) is 5.75 Å². The van der Waals surface area contributed by atoms with Gasteiger partial charge in [-0.25, -0.2) is 4.39 Å². The fraction of sp³-hybridized carbons (Fsp3) is 0.300. The Labute approximate surface area is 151 Å². The van der Waals surface area contributed by atoms with E-state index in [0.717, 1.165) is 17.3 Å². The zero-order chi connectivity index (χ0) is 18.8. The predicted molar refractivity (Wildman–Crippen MR) is 96.5 cm³/mol. The highest BCUT2D eigenvalue weighted by Crippen LogP contribution is 2.22. The molecule has 1 aliphatic heterocycles. The zero-order valence-corrected chi connectivity index (χ0v) is 14.8. The molecule has 0 aromatic heterocycles. The molecule has 1 N–H and O–H groups in total. The van der Waals surface area contributed by atoms with Gasteiger partial charge < -0.3 is 14.9 Å². The van der Waals surface area contributed by atoms with Gasteiger partial charge in [-0.1, -0.05) is 18.2 Å². The van der Waals surface area contributed by atoms with Crippen molar-refractivity contribution in [1.29, 1.82) is 0 Å². The van der Waals surface area contributed by atoms with E-state index in [-0.39, 0.29) is 30.8 Å². The number of phenols is 1. The normalized spacial score (nSPS) is 17.5. The van der Waals surface area contributed by atoms with Crippen LogP contribution >= 0.6 is 0 Å². The Hall–Kier alpha value is -2.89. The molecule has 1 heterocycles. The summed E-state index contributed by atoms with van der Waals surface area (Å²) in [4.78, 5) is 28.4. The van der Waals surface area contributed by atoms with Crippen molar-refractivity contribution in [3.8, 4) is 5.75 Å². The third kappa shape index (κ3) is 3.69. The summed E-state index contributed by atoms with van der Waals surface area (Å²) < 4.78 is 13.4. The van der Waals surface area contributed by atoms with Crippen LogP contribution in [0.15, 0.2) is 42.5 Å². The summed E-state index contributed by atoms with van der Waals surface area (Å²) in [6, 6.07) is 11.4. The Morgan fingerprint density at radius 1 is 1.27 bits per heavy atom. The highest BCUT2D eigenvalue weighted by atomic mass is 19.1. The van der Waals surface area contributed by atoms with Crippen molar-refractivity contribution in [2.75, 3.05) is 18.0 Å². The molecule has 0 spiro atoms. The number of halogens is 1. The number of rotatable bonds is 3. The van der Waals surface area contributed by atoms with E-state index in [9.17, 15) is 19.1 Å². The first-order valence-corrected chi connectivity index (χ1v) is 8.49. The largest absolute Gasteiger partial charge is 0.505 e. The van der Waals surface area contributed by atoms with E-state index in [1.807, 2.05) is 38.1 Å². The molecule has 6 heteroatoms. The summed E-state index contributed by atoms with van der Waals surface area (Å²) in [7, 11) is 0.